The molecule has 0 amide bonds. The molecule has 0 aromatic heterocycles. The van der Waals surface area contributed by atoms with Crippen LogP contribution in [0.25, 0.3) is 5.53 Å². The van der Waals surface area contributed by atoms with Crippen molar-refractivity contribution in [3.8, 4) is 0 Å². The molecule has 0 saturated heterocycles. The van der Waals surface area contributed by atoms with Gasteiger partial charge < -0.3 is 14.6 Å². The third-order valence-corrected chi connectivity index (χ3v) is 2.34. The number of carbonyl (C=O) groups excluding carboxylic acids is 2. The van der Waals surface area contributed by atoms with Crippen molar-refractivity contribution in [3.63, 3.8) is 0 Å². The van der Waals surface area contributed by atoms with Crippen LogP contribution in [-0.2, 0) is 18.6 Å². The van der Waals surface area contributed by atoms with Crippen LogP contribution in [0, 0.1) is 0 Å². The molecule has 0 bridgehead atoms. The van der Waals surface area contributed by atoms with Crippen LogP contribution >= 0.6 is 8.38 Å². The van der Waals surface area contributed by atoms with Gasteiger partial charge in [0.15, 0.2) is 0 Å². The van der Waals surface area contributed by atoms with Crippen LogP contribution in [0.5, 0.6) is 0 Å². The maximum Gasteiger partial charge on any atom is 0.409 e. The van der Waals surface area contributed by atoms with Gasteiger partial charge in [0.05, 0.1) is 0 Å². The first-order chi connectivity index (χ1) is 6.08. The molecule has 0 fully saturated rings. The van der Waals surface area contributed by atoms with Gasteiger partial charge in [-0.1, -0.05) is 0 Å². The molecule has 0 saturated carbocycles. The van der Waals surface area contributed by atoms with E-state index in [4.69, 9.17) is 5.53 Å². The van der Waals surface area contributed by atoms with Crippen LogP contribution < -0.4 is 0 Å². The Morgan fingerprint density at radius 2 is 1.77 bits per heavy atom. The summed E-state index contributed by atoms with van der Waals surface area (Å²) in [5, 5.41) is 0. The molecule has 0 aliphatic carbocycles. The van der Waals surface area contributed by atoms with Crippen molar-refractivity contribution in [3.05, 3.63) is 5.53 Å². The van der Waals surface area contributed by atoms with Crippen LogP contribution in [0.1, 0.15) is 6.92 Å². The van der Waals surface area contributed by atoms with Crippen molar-refractivity contribution in [1.29, 1.82) is 0 Å². The SMILES string of the molecule is COP(OC)C(=O)C(=[N+]=[N-])C(C)=O. The number of hydrogen-bond donors (Lipinski definition) is 0. The quantitative estimate of drug-likeness (QED) is 0.213. The molecule has 13 heavy (non-hydrogen) atoms. The van der Waals surface area contributed by atoms with Crippen LogP contribution in [0.2, 0.25) is 0 Å². The normalized spacial score (nSPS) is 9.54. The highest BCUT2D eigenvalue weighted by Crippen LogP contribution is 2.37. The highest BCUT2D eigenvalue weighted by atomic mass is 31.2. The van der Waals surface area contributed by atoms with Gasteiger partial charge in [0.25, 0.3) is 8.38 Å². The van der Waals surface area contributed by atoms with Gasteiger partial charge in [-0.25, -0.2) is 0 Å². The van der Waals surface area contributed by atoms with Gasteiger partial charge in [0, 0.05) is 21.1 Å². The summed E-state index contributed by atoms with van der Waals surface area (Å²) in [5.41, 5.74) is 7.05. The van der Waals surface area contributed by atoms with E-state index in [1.54, 1.807) is 0 Å². The molecule has 0 atom stereocenters. The number of ketones is 1. The lowest BCUT2D eigenvalue weighted by Crippen LogP contribution is -2.22. The number of carbonyl (C=O) groups is 2. The molecule has 0 spiro atoms. The van der Waals surface area contributed by atoms with Gasteiger partial charge in [-0.3, -0.25) is 9.59 Å². The maximum absolute atomic E-state index is 11.2. The Morgan fingerprint density at radius 3 is 2.00 bits per heavy atom. The lowest BCUT2D eigenvalue weighted by atomic mass is 10.3. The summed E-state index contributed by atoms with van der Waals surface area (Å²) in [4.78, 5) is 24.6. The zero-order chi connectivity index (χ0) is 10.4. The molecular formula is C6H9N2O4P. The van der Waals surface area contributed by atoms with E-state index < -0.39 is 25.4 Å². The molecule has 0 aliphatic rings. The second-order valence-electron chi connectivity index (χ2n) is 1.93. The molecule has 0 radical (unpaired) electrons. The number of nitrogens with zero attached hydrogens (tertiary/aromatic N) is 2. The lowest BCUT2D eigenvalue weighted by Gasteiger charge is -2.05. The van der Waals surface area contributed by atoms with E-state index >= 15 is 0 Å². The van der Waals surface area contributed by atoms with Crippen molar-refractivity contribution >= 4 is 25.4 Å². The van der Waals surface area contributed by atoms with Gasteiger partial charge in [-0.15, -0.1) is 0 Å². The van der Waals surface area contributed by atoms with E-state index in [1.807, 2.05) is 0 Å². The van der Waals surface area contributed by atoms with Crippen LogP contribution in [0.15, 0.2) is 0 Å². The molecule has 0 rings (SSSR count). The number of Topliss-reactive ketones (excluding diaryl/α,β-unsaturated/α-hetero) is 1. The summed E-state index contributed by atoms with van der Waals surface area (Å²) in [6.45, 7) is 1.12. The fourth-order valence-electron chi connectivity index (χ4n) is 0.591. The van der Waals surface area contributed by atoms with E-state index in [0.29, 0.717) is 0 Å². The maximum atomic E-state index is 11.2. The molecule has 0 heterocycles. The summed E-state index contributed by atoms with van der Waals surface area (Å²) in [7, 11) is 0.687. The van der Waals surface area contributed by atoms with Crippen molar-refractivity contribution in [2.75, 3.05) is 14.2 Å². The Hall–Kier alpha value is -0.930. The Bertz CT molecular complexity index is 268. The van der Waals surface area contributed by atoms with Gasteiger partial charge in [-0.2, -0.15) is 4.79 Å². The second kappa shape index (κ2) is 5.67. The summed E-state index contributed by atoms with van der Waals surface area (Å²) in [6, 6.07) is 0. The molecule has 0 unspecified atom stereocenters. The molecule has 72 valence electrons. The largest absolute Gasteiger partial charge is 0.409 e. The minimum absolute atomic E-state index is 0.560. The summed E-state index contributed by atoms with van der Waals surface area (Å²) in [5.74, 6) is -0.630. The van der Waals surface area contributed by atoms with Crippen molar-refractivity contribution in [2.24, 2.45) is 0 Å². The highest BCUT2D eigenvalue weighted by Gasteiger charge is 2.34. The third-order valence-electron chi connectivity index (χ3n) is 1.13. The van der Waals surface area contributed by atoms with E-state index in [-0.39, 0.29) is 0 Å². The third kappa shape index (κ3) is 3.13. The first-order valence-electron chi connectivity index (χ1n) is 3.24. The Labute approximate surface area is 76.4 Å². The fraction of sp³-hybridized carbons (Fsp3) is 0.500. The van der Waals surface area contributed by atoms with Crippen molar-refractivity contribution in [1.82, 2.24) is 0 Å². The summed E-state index contributed by atoms with van der Waals surface area (Å²) < 4.78 is 9.29. The monoisotopic (exact) mass is 204 g/mol. The molecule has 0 aromatic rings. The molecule has 7 heteroatoms. The molecule has 0 N–H and O–H groups in total. The second-order valence-corrected chi connectivity index (χ2v) is 3.58. The van der Waals surface area contributed by atoms with E-state index in [1.165, 1.54) is 14.2 Å². The van der Waals surface area contributed by atoms with Gasteiger partial charge in [0.2, 0.25) is 5.78 Å². The number of rotatable bonds is 5. The van der Waals surface area contributed by atoms with E-state index in [0.717, 1.165) is 6.92 Å². The topological polar surface area (TPSA) is 89.0 Å². The molecular weight excluding hydrogens is 195 g/mol. The minimum atomic E-state index is -1.85. The lowest BCUT2D eigenvalue weighted by molar-refractivity contribution is -0.120. The van der Waals surface area contributed by atoms with E-state index in [2.05, 4.69) is 13.8 Å². The minimum Gasteiger partial charge on any atom is -0.360 e. The average molecular weight is 204 g/mol. The van der Waals surface area contributed by atoms with E-state index in [9.17, 15) is 9.59 Å². The van der Waals surface area contributed by atoms with Gasteiger partial charge >= 0.3 is 11.2 Å². The van der Waals surface area contributed by atoms with Crippen LogP contribution in [-0.4, -0.2) is 36.0 Å². The van der Waals surface area contributed by atoms with Gasteiger partial charge in [-0.05, 0) is 0 Å². The first kappa shape index (κ1) is 12.1. The standard InChI is InChI=1S/C6H9N2O4P/c1-4(9)5(8-7)6(10)13(11-2)12-3/h1-3H3. The fourth-order valence-corrected chi connectivity index (χ4v) is 1.45. The zero-order valence-corrected chi connectivity index (χ0v) is 8.37. The average Bonchev–Trinajstić information content (AvgIpc) is 2.07. The Morgan fingerprint density at radius 1 is 1.31 bits per heavy atom. The van der Waals surface area contributed by atoms with Crippen LogP contribution in [0.4, 0.5) is 0 Å². The zero-order valence-electron chi connectivity index (χ0n) is 7.47. The molecule has 0 aromatic carbocycles. The molecule has 0 aliphatic heterocycles. The smallest absolute Gasteiger partial charge is 0.360 e. The van der Waals surface area contributed by atoms with Crippen molar-refractivity contribution < 1.29 is 23.4 Å². The molecule has 6 nitrogen and oxygen atoms in total. The van der Waals surface area contributed by atoms with Crippen molar-refractivity contribution in [2.45, 2.75) is 6.92 Å². The van der Waals surface area contributed by atoms with Crippen LogP contribution in [0.3, 0.4) is 0 Å². The predicted octanol–water partition coefficient (Wildman–Crippen LogP) is 0.377. The Kier molecular flexibility index (Phi) is 5.26. The number of hydrogen-bond acceptors (Lipinski definition) is 4. The highest BCUT2D eigenvalue weighted by molar-refractivity contribution is 7.69. The summed E-state index contributed by atoms with van der Waals surface area (Å²) in [6.07, 6.45) is 0. The predicted molar refractivity (Wildman–Crippen MR) is 45.3 cm³/mol. The Balaban J connectivity index is 4.75. The van der Waals surface area contributed by atoms with Gasteiger partial charge in [0.1, 0.15) is 0 Å². The summed E-state index contributed by atoms with van der Waals surface area (Å²) >= 11 is 0. The first-order valence-corrected chi connectivity index (χ1v) is 4.41.